The molecule has 206 valence electrons. The van der Waals surface area contributed by atoms with Crippen molar-refractivity contribution in [2.75, 3.05) is 37.5 Å². The van der Waals surface area contributed by atoms with Crippen molar-refractivity contribution in [1.29, 1.82) is 0 Å². The number of nitrogens with one attached hydrogen (secondary N) is 1. The van der Waals surface area contributed by atoms with Gasteiger partial charge >= 0.3 is 0 Å². The number of hydrogen-bond donors (Lipinski definition) is 1. The first-order valence-corrected chi connectivity index (χ1v) is 14.2. The highest BCUT2D eigenvalue weighted by Crippen LogP contribution is 2.48. The molecule has 9 heteroatoms. The number of carbonyl (C=O) groups excluding carboxylic acids is 2. The fourth-order valence-electron chi connectivity index (χ4n) is 4.84. The van der Waals surface area contributed by atoms with Crippen LogP contribution in [-0.2, 0) is 14.3 Å². The molecule has 3 aromatic carbocycles. The van der Waals surface area contributed by atoms with Crippen molar-refractivity contribution in [2.24, 2.45) is 0 Å². The number of aromatic nitrogens is 2. The van der Waals surface area contributed by atoms with Crippen molar-refractivity contribution < 1.29 is 18.7 Å². The predicted molar refractivity (Wildman–Crippen MR) is 156 cm³/mol. The van der Waals surface area contributed by atoms with E-state index in [2.05, 4.69) is 5.32 Å². The van der Waals surface area contributed by atoms with E-state index in [9.17, 15) is 14.0 Å². The van der Waals surface area contributed by atoms with Crippen LogP contribution >= 0.6 is 11.8 Å². The minimum Gasteiger partial charge on any atom is -0.385 e. The van der Waals surface area contributed by atoms with Gasteiger partial charge in [0.05, 0.1) is 22.4 Å². The maximum Gasteiger partial charge on any atom is 0.240 e. The molecule has 2 heterocycles. The number of benzene rings is 3. The van der Waals surface area contributed by atoms with Gasteiger partial charge < -0.3 is 10.1 Å². The van der Waals surface area contributed by atoms with Gasteiger partial charge in [0.2, 0.25) is 11.8 Å². The van der Waals surface area contributed by atoms with E-state index in [4.69, 9.17) is 9.84 Å². The summed E-state index contributed by atoms with van der Waals surface area (Å²) in [5.41, 5.74) is 4.83. The van der Waals surface area contributed by atoms with Crippen LogP contribution in [0.25, 0.3) is 16.9 Å². The lowest BCUT2D eigenvalue weighted by molar-refractivity contribution is -0.122. The van der Waals surface area contributed by atoms with Crippen LogP contribution in [0.3, 0.4) is 0 Å². The molecule has 0 fully saturated rings. The largest absolute Gasteiger partial charge is 0.385 e. The summed E-state index contributed by atoms with van der Waals surface area (Å²) in [7, 11) is 1.61. The summed E-state index contributed by atoms with van der Waals surface area (Å²) >= 11 is 1.41. The van der Waals surface area contributed by atoms with Crippen molar-refractivity contribution in [2.45, 2.75) is 18.6 Å². The highest BCUT2D eigenvalue weighted by Gasteiger charge is 2.37. The molecule has 2 amide bonds. The highest BCUT2D eigenvalue weighted by molar-refractivity contribution is 8.00. The fourth-order valence-corrected chi connectivity index (χ4v) is 6.03. The topological polar surface area (TPSA) is 76.5 Å². The number of amides is 2. The molecule has 0 bridgehead atoms. The first-order valence-electron chi connectivity index (χ1n) is 13.1. The molecule has 0 saturated carbocycles. The van der Waals surface area contributed by atoms with E-state index in [0.29, 0.717) is 31.1 Å². The number of ether oxygens (including phenoxy) is 1. The van der Waals surface area contributed by atoms with Crippen LogP contribution in [0.5, 0.6) is 0 Å². The lowest BCUT2D eigenvalue weighted by Gasteiger charge is -2.23. The van der Waals surface area contributed by atoms with E-state index >= 15 is 0 Å². The summed E-state index contributed by atoms with van der Waals surface area (Å²) in [6, 6.07) is 24.0. The summed E-state index contributed by atoms with van der Waals surface area (Å²) in [5, 5.41) is 7.56. The monoisotopic (exact) mass is 558 g/mol. The number of halogens is 1. The Labute approximate surface area is 237 Å². The molecular formula is C31H31FN4O3S. The number of aryl methyl sites for hydroxylation is 1. The van der Waals surface area contributed by atoms with Gasteiger partial charge in [0.25, 0.3) is 0 Å². The van der Waals surface area contributed by atoms with Gasteiger partial charge in [-0.2, -0.15) is 5.10 Å². The molecule has 1 aliphatic rings. The minimum atomic E-state index is -0.391. The van der Waals surface area contributed by atoms with Crippen LogP contribution < -0.4 is 10.2 Å². The van der Waals surface area contributed by atoms with Crippen molar-refractivity contribution in [1.82, 2.24) is 15.1 Å². The summed E-state index contributed by atoms with van der Waals surface area (Å²) in [4.78, 5) is 28.3. The lowest BCUT2D eigenvalue weighted by Crippen LogP contribution is -2.42. The molecule has 1 N–H and O–H groups in total. The molecule has 5 rings (SSSR count). The molecule has 40 heavy (non-hydrogen) atoms. The zero-order chi connectivity index (χ0) is 28.1. The van der Waals surface area contributed by atoms with Crippen LogP contribution in [0.15, 0.2) is 78.9 Å². The average Bonchev–Trinajstić information content (AvgIpc) is 3.28. The molecule has 0 saturated heterocycles. The van der Waals surface area contributed by atoms with E-state index in [0.717, 1.165) is 27.9 Å². The van der Waals surface area contributed by atoms with E-state index < -0.39 is 5.25 Å². The van der Waals surface area contributed by atoms with Crippen LogP contribution in [0.1, 0.15) is 28.4 Å². The molecule has 0 radical (unpaired) electrons. The number of carbonyl (C=O) groups is 2. The standard InChI is InChI=1S/C31H31FN4O3S/c1-21-9-6-14-25(17-21)36-31-28(29(34-36)22-10-4-3-5-11-22)30(23-12-7-13-24(32)18-23)40-20-27(38)35(31)19-26(37)33-15-8-16-39-2/h3-7,9-14,17-18,30H,8,15-16,19-20H2,1-2H3,(H,33,37)/t30-/m0/s1. The second-order valence-electron chi connectivity index (χ2n) is 9.62. The molecule has 1 atom stereocenters. The lowest BCUT2D eigenvalue weighted by atomic mass is 9.99. The summed E-state index contributed by atoms with van der Waals surface area (Å²) in [5.74, 6) is -0.210. The first-order chi connectivity index (χ1) is 19.5. The number of anilines is 1. The normalized spacial score (nSPS) is 15.0. The predicted octanol–water partition coefficient (Wildman–Crippen LogP) is 5.31. The molecule has 0 unspecified atom stereocenters. The van der Waals surface area contributed by atoms with Crippen molar-refractivity contribution in [3.05, 3.63) is 101 Å². The summed E-state index contributed by atoms with van der Waals surface area (Å²) in [6.45, 7) is 2.79. The van der Waals surface area contributed by atoms with Crippen LogP contribution in [0.2, 0.25) is 0 Å². The van der Waals surface area contributed by atoms with Crippen LogP contribution in [-0.4, -0.2) is 54.2 Å². The number of fused-ring (bicyclic) bond motifs is 1. The van der Waals surface area contributed by atoms with E-state index in [1.165, 1.54) is 28.8 Å². The Hall–Kier alpha value is -3.95. The van der Waals surface area contributed by atoms with Gasteiger partial charge in [-0.15, -0.1) is 11.8 Å². The Balaban J connectivity index is 1.71. The van der Waals surface area contributed by atoms with E-state index in [1.54, 1.807) is 17.9 Å². The number of rotatable bonds is 9. The van der Waals surface area contributed by atoms with Crippen molar-refractivity contribution >= 4 is 29.4 Å². The number of methoxy groups -OCH3 is 1. The quantitative estimate of drug-likeness (QED) is 0.282. The number of thioether (sulfide) groups is 1. The molecule has 0 aliphatic carbocycles. The number of hydrogen-bond acceptors (Lipinski definition) is 5. The Morgan fingerprint density at radius 3 is 2.65 bits per heavy atom. The zero-order valence-electron chi connectivity index (χ0n) is 22.5. The number of nitrogens with zero attached hydrogens (tertiary/aromatic N) is 3. The Kier molecular flexibility index (Phi) is 8.62. The van der Waals surface area contributed by atoms with Crippen LogP contribution in [0.4, 0.5) is 10.2 Å². The maximum absolute atomic E-state index is 14.5. The van der Waals surface area contributed by atoms with E-state index in [1.807, 2.05) is 67.6 Å². The Morgan fingerprint density at radius 2 is 1.90 bits per heavy atom. The average molecular weight is 559 g/mol. The van der Waals surface area contributed by atoms with Gasteiger partial charge in [-0.25, -0.2) is 9.07 Å². The third kappa shape index (κ3) is 5.95. The summed E-state index contributed by atoms with van der Waals surface area (Å²) < 4.78 is 21.3. The molecule has 1 aromatic heterocycles. The Morgan fingerprint density at radius 1 is 1.10 bits per heavy atom. The van der Waals surface area contributed by atoms with Gasteiger partial charge in [-0.05, 0) is 48.7 Å². The zero-order valence-corrected chi connectivity index (χ0v) is 23.3. The smallest absolute Gasteiger partial charge is 0.240 e. The van der Waals surface area contributed by atoms with Crippen LogP contribution in [0, 0.1) is 12.7 Å². The molecule has 1 aliphatic heterocycles. The SMILES string of the molecule is COCCCNC(=O)CN1C(=O)CS[C@@H](c2cccc(F)c2)c2c(-c3ccccc3)nn(-c3cccc(C)c3)c21. The van der Waals surface area contributed by atoms with Gasteiger partial charge in [0.15, 0.2) is 0 Å². The highest BCUT2D eigenvalue weighted by atomic mass is 32.2. The van der Waals surface area contributed by atoms with Gasteiger partial charge in [-0.1, -0.05) is 54.6 Å². The molecule has 7 nitrogen and oxygen atoms in total. The molecule has 0 spiro atoms. The van der Waals surface area contributed by atoms with Gasteiger partial charge in [0, 0.05) is 31.4 Å². The second-order valence-corrected chi connectivity index (χ2v) is 10.7. The van der Waals surface area contributed by atoms with Gasteiger partial charge in [-0.3, -0.25) is 14.5 Å². The Bertz CT molecular complexity index is 1510. The first kappa shape index (κ1) is 27.6. The molecular weight excluding hydrogens is 527 g/mol. The van der Waals surface area contributed by atoms with Crippen molar-refractivity contribution in [3.8, 4) is 16.9 Å². The maximum atomic E-state index is 14.5. The third-order valence-electron chi connectivity index (χ3n) is 6.68. The minimum absolute atomic E-state index is 0.120. The fraction of sp³-hybridized carbons (Fsp3) is 0.258. The second kappa shape index (κ2) is 12.5. The van der Waals surface area contributed by atoms with Crippen molar-refractivity contribution in [3.63, 3.8) is 0 Å². The van der Waals surface area contributed by atoms with Gasteiger partial charge in [0.1, 0.15) is 18.2 Å². The summed E-state index contributed by atoms with van der Waals surface area (Å²) in [6.07, 6.45) is 0.665. The van der Waals surface area contributed by atoms with E-state index in [-0.39, 0.29) is 29.9 Å². The molecule has 4 aromatic rings. The third-order valence-corrected chi connectivity index (χ3v) is 7.94.